The van der Waals surface area contributed by atoms with E-state index in [1.807, 2.05) is 6.26 Å². The van der Waals surface area contributed by atoms with Crippen LogP contribution in [0.25, 0.3) is 0 Å². The van der Waals surface area contributed by atoms with Crippen LogP contribution in [0.4, 0.5) is 0 Å². The third-order valence-electron chi connectivity index (χ3n) is 2.48. The zero-order chi connectivity index (χ0) is 11.3. The molecule has 2 atom stereocenters. The lowest BCUT2D eigenvalue weighted by Gasteiger charge is -2.23. The second-order valence-electron chi connectivity index (χ2n) is 4.30. The number of nitrogens with one attached hydrogen (secondary N) is 2. The Kier molecular flexibility index (Phi) is 4.89. The van der Waals surface area contributed by atoms with E-state index in [1.165, 1.54) is 0 Å². The van der Waals surface area contributed by atoms with Gasteiger partial charge in [-0.3, -0.25) is 4.79 Å². The predicted molar refractivity (Wildman–Crippen MR) is 63.0 cm³/mol. The summed E-state index contributed by atoms with van der Waals surface area (Å²) in [6.45, 7) is 2.98. The van der Waals surface area contributed by atoms with Crippen molar-refractivity contribution < 1.29 is 9.90 Å². The van der Waals surface area contributed by atoms with Crippen molar-refractivity contribution in [2.45, 2.75) is 31.4 Å². The molecule has 5 heteroatoms. The Morgan fingerprint density at radius 1 is 1.73 bits per heavy atom. The number of aliphatic hydroxyl groups is 1. The van der Waals surface area contributed by atoms with Crippen molar-refractivity contribution >= 4 is 17.7 Å². The smallest absolute Gasteiger partial charge is 0.237 e. The normalized spacial score (nSPS) is 24.9. The molecule has 0 aliphatic carbocycles. The first kappa shape index (κ1) is 12.8. The first-order chi connectivity index (χ1) is 7.05. The maximum Gasteiger partial charge on any atom is 0.237 e. The Hall–Kier alpha value is -0.260. The van der Waals surface area contributed by atoms with Crippen LogP contribution in [0, 0.1) is 0 Å². The summed E-state index contributed by atoms with van der Waals surface area (Å²) in [6, 6.07) is -0.0601. The van der Waals surface area contributed by atoms with E-state index in [9.17, 15) is 9.90 Å². The lowest BCUT2D eigenvalue weighted by Crippen LogP contribution is -2.47. The van der Waals surface area contributed by atoms with Gasteiger partial charge >= 0.3 is 0 Å². The molecule has 0 aromatic rings. The monoisotopic (exact) mass is 232 g/mol. The molecule has 1 heterocycles. The number of amides is 1. The van der Waals surface area contributed by atoms with E-state index in [4.69, 9.17) is 0 Å². The summed E-state index contributed by atoms with van der Waals surface area (Å²) < 4.78 is 0. The van der Waals surface area contributed by atoms with Gasteiger partial charge in [-0.25, -0.2) is 0 Å². The van der Waals surface area contributed by atoms with Gasteiger partial charge in [0.2, 0.25) is 5.91 Å². The van der Waals surface area contributed by atoms with Crippen LogP contribution in [0.1, 0.15) is 19.8 Å². The second kappa shape index (κ2) is 5.72. The van der Waals surface area contributed by atoms with Crippen LogP contribution < -0.4 is 10.6 Å². The molecule has 1 aliphatic heterocycles. The largest absolute Gasteiger partial charge is 0.387 e. The molecular formula is C10H20N2O2S. The van der Waals surface area contributed by atoms with Gasteiger partial charge in [-0.1, -0.05) is 0 Å². The van der Waals surface area contributed by atoms with E-state index in [0.29, 0.717) is 12.3 Å². The Bertz CT molecular complexity index is 215. The lowest BCUT2D eigenvalue weighted by molar-refractivity contribution is -0.123. The Morgan fingerprint density at radius 3 is 3.00 bits per heavy atom. The van der Waals surface area contributed by atoms with Crippen LogP contribution in [0.15, 0.2) is 0 Å². The molecule has 88 valence electrons. The van der Waals surface area contributed by atoms with Crippen molar-refractivity contribution in [2.24, 2.45) is 0 Å². The highest BCUT2D eigenvalue weighted by Crippen LogP contribution is 2.10. The number of hydrogen-bond acceptors (Lipinski definition) is 4. The molecule has 1 amide bonds. The van der Waals surface area contributed by atoms with Crippen molar-refractivity contribution in [1.82, 2.24) is 10.6 Å². The van der Waals surface area contributed by atoms with Crippen LogP contribution in [0.2, 0.25) is 0 Å². The summed E-state index contributed by atoms with van der Waals surface area (Å²) in [5.74, 6) is 0.639. The van der Waals surface area contributed by atoms with Gasteiger partial charge < -0.3 is 15.7 Å². The van der Waals surface area contributed by atoms with E-state index in [-0.39, 0.29) is 11.9 Å². The van der Waals surface area contributed by atoms with Crippen molar-refractivity contribution in [1.29, 1.82) is 0 Å². The molecule has 1 fully saturated rings. The minimum atomic E-state index is -0.812. The van der Waals surface area contributed by atoms with E-state index >= 15 is 0 Å². The number of thioether (sulfide) groups is 1. The van der Waals surface area contributed by atoms with Crippen molar-refractivity contribution in [3.63, 3.8) is 0 Å². The zero-order valence-corrected chi connectivity index (χ0v) is 10.2. The quantitative estimate of drug-likeness (QED) is 0.623. The highest BCUT2D eigenvalue weighted by molar-refractivity contribution is 7.98. The summed E-state index contributed by atoms with van der Waals surface area (Å²) in [4.78, 5) is 11.6. The van der Waals surface area contributed by atoms with Crippen LogP contribution in [-0.4, -0.2) is 47.8 Å². The minimum Gasteiger partial charge on any atom is -0.387 e. The lowest BCUT2D eigenvalue weighted by atomic mass is 10.1. The number of carbonyl (C=O) groups is 1. The molecule has 3 N–H and O–H groups in total. The Labute approximate surface area is 95.2 Å². The molecule has 0 saturated carbocycles. The summed E-state index contributed by atoms with van der Waals surface area (Å²) in [5.41, 5.74) is -0.812. The van der Waals surface area contributed by atoms with Crippen LogP contribution in [0.5, 0.6) is 0 Å². The number of rotatable bonds is 5. The average Bonchev–Trinajstić information content (AvgIpc) is 2.67. The van der Waals surface area contributed by atoms with Gasteiger partial charge in [0.1, 0.15) is 0 Å². The maximum atomic E-state index is 11.6. The molecule has 0 aromatic carbocycles. The molecule has 0 radical (unpaired) electrons. The van der Waals surface area contributed by atoms with Crippen molar-refractivity contribution in [2.75, 3.05) is 25.1 Å². The van der Waals surface area contributed by atoms with Gasteiger partial charge in [0.25, 0.3) is 0 Å². The third kappa shape index (κ3) is 4.40. The fourth-order valence-corrected chi connectivity index (χ4v) is 2.40. The average molecular weight is 232 g/mol. The molecule has 4 nitrogen and oxygen atoms in total. The van der Waals surface area contributed by atoms with E-state index < -0.39 is 5.60 Å². The molecule has 0 spiro atoms. The van der Waals surface area contributed by atoms with Crippen LogP contribution in [-0.2, 0) is 4.79 Å². The van der Waals surface area contributed by atoms with E-state index in [2.05, 4.69) is 10.6 Å². The Morgan fingerprint density at radius 2 is 2.47 bits per heavy atom. The Balaban J connectivity index is 2.26. The molecule has 1 saturated heterocycles. The molecule has 0 bridgehead atoms. The molecule has 1 rings (SSSR count). The first-order valence-electron chi connectivity index (χ1n) is 5.27. The molecule has 1 unspecified atom stereocenters. The number of hydrogen-bond donors (Lipinski definition) is 3. The van der Waals surface area contributed by atoms with Crippen molar-refractivity contribution in [3.8, 4) is 0 Å². The summed E-state index contributed by atoms with van der Waals surface area (Å²) >= 11 is 1.58. The minimum absolute atomic E-state index is 0.00822. The topological polar surface area (TPSA) is 61.4 Å². The maximum absolute atomic E-state index is 11.6. The highest BCUT2D eigenvalue weighted by Gasteiger charge is 2.25. The predicted octanol–water partition coefficient (Wildman–Crippen LogP) is -0.0314. The van der Waals surface area contributed by atoms with Crippen molar-refractivity contribution in [3.05, 3.63) is 0 Å². The van der Waals surface area contributed by atoms with Gasteiger partial charge in [-0.05, 0) is 32.6 Å². The third-order valence-corrected chi connectivity index (χ3v) is 3.39. The summed E-state index contributed by atoms with van der Waals surface area (Å²) in [5, 5.41) is 15.8. The number of carbonyl (C=O) groups excluding carboxylic acids is 1. The van der Waals surface area contributed by atoms with Gasteiger partial charge in [-0.15, -0.1) is 0 Å². The zero-order valence-electron chi connectivity index (χ0n) is 9.38. The molecule has 15 heavy (non-hydrogen) atoms. The fraction of sp³-hybridized carbons (Fsp3) is 0.900. The SMILES string of the molecule is CSCC(C)(O)CNC(=O)[C@@H]1CCCN1. The van der Waals surface area contributed by atoms with Crippen LogP contribution >= 0.6 is 11.8 Å². The summed E-state index contributed by atoms with van der Waals surface area (Å²) in [6.07, 6.45) is 3.89. The first-order valence-corrected chi connectivity index (χ1v) is 6.67. The second-order valence-corrected chi connectivity index (χ2v) is 5.16. The standard InChI is InChI=1S/C10H20N2O2S/c1-10(14,7-15-2)6-12-9(13)8-4-3-5-11-8/h8,11,14H,3-7H2,1-2H3,(H,12,13)/t8-,10?/m0/s1. The van der Waals surface area contributed by atoms with E-state index in [1.54, 1.807) is 18.7 Å². The fourth-order valence-electron chi connectivity index (χ4n) is 1.67. The molecule has 0 aromatic heterocycles. The summed E-state index contributed by atoms with van der Waals surface area (Å²) in [7, 11) is 0. The van der Waals surface area contributed by atoms with Gasteiger partial charge in [0, 0.05) is 12.3 Å². The molecule has 1 aliphatic rings. The van der Waals surface area contributed by atoms with Crippen LogP contribution in [0.3, 0.4) is 0 Å². The molecular weight excluding hydrogens is 212 g/mol. The van der Waals surface area contributed by atoms with Gasteiger partial charge in [0.15, 0.2) is 0 Å². The highest BCUT2D eigenvalue weighted by atomic mass is 32.2. The van der Waals surface area contributed by atoms with Gasteiger partial charge in [-0.2, -0.15) is 11.8 Å². The van der Waals surface area contributed by atoms with Gasteiger partial charge in [0.05, 0.1) is 11.6 Å². The van der Waals surface area contributed by atoms with E-state index in [0.717, 1.165) is 19.4 Å².